The van der Waals surface area contributed by atoms with Crippen molar-refractivity contribution < 1.29 is 8.78 Å². The van der Waals surface area contributed by atoms with Gasteiger partial charge in [-0.25, -0.2) is 14.2 Å². The normalized spacial score (nSPS) is 12.5. The minimum atomic E-state index is -0.895. The summed E-state index contributed by atoms with van der Waals surface area (Å²) in [4.78, 5) is 4.19. The van der Waals surface area contributed by atoms with E-state index in [4.69, 9.17) is 5.84 Å². The van der Waals surface area contributed by atoms with Crippen LogP contribution in [0.4, 0.5) is 8.78 Å². The molecule has 0 saturated heterocycles. The number of benzene rings is 1. The Bertz CT molecular complexity index is 599. The van der Waals surface area contributed by atoms with Crippen molar-refractivity contribution in [2.24, 2.45) is 5.84 Å². The maximum absolute atomic E-state index is 14.0. The van der Waals surface area contributed by atoms with E-state index in [1.54, 1.807) is 12.3 Å². The number of nitrogens with one attached hydrogen (secondary N) is 1. The third-order valence-corrected chi connectivity index (χ3v) is 3.11. The van der Waals surface area contributed by atoms with Crippen molar-refractivity contribution in [2.45, 2.75) is 19.9 Å². The van der Waals surface area contributed by atoms with Crippen molar-refractivity contribution in [2.75, 3.05) is 0 Å². The molecular weight excluding hydrogens is 248 g/mol. The van der Waals surface area contributed by atoms with Gasteiger partial charge in [0.2, 0.25) is 0 Å². The molecule has 1 aromatic carbocycles. The van der Waals surface area contributed by atoms with E-state index in [2.05, 4.69) is 10.4 Å². The average Bonchev–Trinajstić information content (AvgIpc) is 2.41. The molecule has 0 spiro atoms. The Hall–Kier alpha value is -1.85. The van der Waals surface area contributed by atoms with Crippen molar-refractivity contribution in [3.05, 3.63) is 64.5 Å². The molecule has 19 heavy (non-hydrogen) atoms. The van der Waals surface area contributed by atoms with Crippen molar-refractivity contribution in [3.8, 4) is 0 Å². The molecule has 0 fully saturated rings. The summed E-state index contributed by atoms with van der Waals surface area (Å²) < 4.78 is 27.7. The van der Waals surface area contributed by atoms with Crippen LogP contribution in [0.1, 0.15) is 28.4 Å². The van der Waals surface area contributed by atoms with Gasteiger partial charge in [-0.3, -0.25) is 10.8 Å². The lowest BCUT2D eigenvalue weighted by atomic mass is 9.98. The van der Waals surface area contributed by atoms with Crippen molar-refractivity contribution in [1.29, 1.82) is 0 Å². The zero-order chi connectivity index (χ0) is 14.0. The number of aryl methyl sites for hydroxylation is 2. The van der Waals surface area contributed by atoms with E-state index in [0.717, 1.165) is 5.56 Å². The van der Waals surface area contributed by atoms with Gasteiger partial charge in [0.1, 0.15) is 0 Å². The van der Waals surface area contributed by atoms with Gasteiger partial charge in [0.25, 0.3) is 0 Å². The summed E-state index contributed by atoms with van der Waals surface area (Å²) in [5.74, 6) is 3.73. The highest BCUT2D eigenvalue weighted by Gasteiger charge is 2.22. The fourth-order valence-corrected chi connectivity index (χ4v) is 2.00. The van der Waals surface area contributed by atoms with Crippen LogP contribution in [0.2, 0.25) is 0 Å². The molecule has 0 bridgehead atoms. The third-order valence-electron chi connectivity index (χ3n) is 3.11. The van der Waals surface area contributed by atoms with Gasteiger partial charge < -0.3 is 0 Å². The minimum absolute atomic E-state index is 0.146. The van der Waals surface area contributed by atoms with Crippen LogP contribution >= 0.6 is 0 Å². The Morgan fingerprint density at radius 1 is 1.11 bits per heavy atom. The second-order valence-electron chi connectivity index (χ2n) is 4.40. The second-order valence-corrected chi connectivity index (χ2v) is 4.40. The molecule has 0 aliphatic carbocycles. The van der Waals surface area contributed by atoms with Gasteiger partial charge in [-0.15, -0.1) is 0 Å². The molecule has 0 aliphatic heterocycles. The number of pyridine rings is 1. The van der Waals surface area contributed by atoms with Gasteiger partial charge in [0.05, 0.1) is 11.7 Å². The summed E-state index contributed by atoms with van der Waals surface area (Å²) in [5, 5.41) is 0. The highest BCUT2D eigenvalue weighted by atomic mass is 19.2. The van der Waals surface area contributed by atoms with Crippen LogP contribution in [0.25, 0.3) is 0 Å². The SMILES string of the molecule is Cc1cccnc1C(NN)c1ccc(C)c(F)c1F. The Labute approximate surface area is 110 Å². The quantitative estimate of drug-likeness (QED) is 0.661. The summed E-state index contributed by atoms with van der Waals surface area (Å²) in [5.41, 5.74) is 4.33. The highest BCUT2D eigenvalue weighted by Crippen LogP contribution is 2.26. The van der Waals surface area contributed by atoms with Gasteiger partial charge >= 0.3 is 0 Å². The molecule has 0 saturated carbocycles. The smallest absolute Gasteiger partial charge is 0.164 e. The third kappa shape index (κ3) is 2.47. The van der Waals surface area contributed by atoms with Crippen molar-refractivity contribution in [3.63, 3.8) is 0 Å². The van der Waals surface area contributed by atoms with Crippen molar-refractivity contribution >= 4 is 0 Å². The molecule has 1 heterocycles. The summed E-state index contributed by atoms with van der Waals surface area (Å²) in [6.45, 7) is 3.36. The molecular formula is C14H15F2N3. The molecule has 100 valence electrons. The first-order valence-corrected chi connectivity index (χ1v) is 5.88. The van der Waals surface area contributed by atoms with Crippen LogP contribution in [0, 0.1) is 25.5 Å². The monoisotopic (exact) mass is 263 g/mol. The number of halogens is 2. The Morgan fingerprint density at radius 3 is 2.47 bits per heavy atom. The lowest BCUT2D eigenvalue weighted by molar-refractivity contribution is 0.476. The molecule has 1 unspecified atom stereocenters. The van der Waals surface area contributed by atoms with E-state index in [1.165, 1.54) is 19.1 Å². The van der Waals surface area contributed by atoms with E-state index in [-0.39, 0.29) is 11.1 Å². The number of hydrazine groups is 1. The first kappa shape index (κ1) is 13.6. The zero-order valence-electron chi connectivity index (χ0n) is 10.7. The Balaban J connectivity index is 2.55. The van der Waals surface area contributed by atoms with Gasteiger partial charge in [-0.1, -0.05) is 18.2 Å². The number of hydrogen-bond acceptors (Lipinski definition) is 3. The maximum Gasteiger partial charge on any atom is 0.164 e. The number of rotatable bonds is 3. The molecule has 1 aromatic heterocycles. The Kier molecular flexibility index (Phi) is 3.87. The molecule has 3 N–H and O–H groups in total. The van der Waals surface area contributed by atoms with Gasteiger partial charge in [-0.05, 0) is 31.0 Å². The molecule has 5 heteroatoms. The predicted molar refractivity (Wildman–Crippen MR) is 69.2 cm³/mol. The van der Waals surface area contributed by atoms with E-state index in [1.807, 2.05) is 13.0 Å². The summed E-state index contributed by atoms with van der Waals surface area (Å²) in [6, 6.07) is 5.98. The zero-order valence-corrected chi connectivity index (χ0v) is 10.7. The number of nitrogens with two attached hydrogens (primary N) is 1. The van der Waals surface area contributed by atoms with E-state index in [9.17, 15) is 8.78 Å². The fourth-order valence-electron chi connectivity index (χ4n) is 2.00. The lowest BCUT2D eigenvalue weighted by Crippen LogP contribution is -2.31. The average molecular weight is 263 g/mol. The fraction of sp³-hybridized carbons (Fsp3) is 0.214. The standard InChI is InChI=1S/C14H15F2N3/c1-8-5-6-10(12(16)11(8)15)14(19-17)13-9(2)4-3-7-18-13/h3-7,14,19H,17H2,1-2H3. The summed E-state index contributed by atoms with van der Waals surface area (Å²) >= 11 is 0. The van der Waals surface area contributed by atoms with Crippen LogP contribution in [-0.4, -0.2) is 4.98 Å². The second kappa shape index (κ2) is 5.42. The minimum Gasteiger partial charge on any atom is -0.271 e. The molecule has 2 aromatic rings. The van der Waals surface area contributed by atoms with Gasteiger partial charge in [-0.2, -0.15) is 0 Å². The molecule has 0 amide bonds. The number of nitrogens with zero attached hydrogens (tertiary/aromatic N) is 1. The first-order valence-electron chi connectivity index (χ1n) is 5.88. The van der Waals surface area contributed by atoms with Gasteiger partial charge in [0, 0.05) is 11.8 Å². The van der Waals surface area contributed by atoms with Crippen LogP contribution in [0.3, 0.4) is 0 Å². The van der Waals surface area contributed by atoms with E-state index >= 15 is 0 Å². The molecule has 0 aliphatic rings. The van der Waals surface area contributed by atoms with E-state index in [0.29, 0.717) is 5.69 Å². The molecule has 2 rings (SSSR count). The number of hydrogen-bond donors (Lipinski definition) is 2. The van der Waals surface area contributed by atoms with Crippen LogP contribution in [-0.2, 0) is 0 Å². The largest absolute Gasteiger partial charge is 0.271 e. The number of aromatic nitrogens is 1. The van der Waals surface area contributed by atoms with Crippen molar-refractivity contribution in [1.82, 2.24) is 10.4 Å². The molecule has 1 atom stereocenters. The Morgan fingerprint density at radius 2 is 1.84 bits per heavy atom. The van der Waals surface area contributed by atoms with Crippen LogP contribution in [0.15, 0.2) is 30.5 Å². The summed E-state index contributed by atoms with van der Waals surface area (Å²) in [7, 11) is 0. The van der Waals surface area contributed by atoms with Crippen LogP contribution < -0.4 is 11.3 Å². The maximum atomic E-state index is 14.0. The molecule has 0 radical (unpaired) electrons. The lowest BCUT2D eigenvalue weighted by Gasteiger charge is -2.19. The highest BCUT2D eigenvalue weighted by molar-refractivity contribution is 5.35. The molecule has 3 nitrogen and oxygen atoms in total. The summed E-state index contributed by atoms with van der Waals surface area (Å²) in [6.07, 6.45) is 1.59. The first-order chi connectivity index (χ1) is 9.06. The topological polar surface area (TPSA) is 50.9 Å². The van der Waals surface area contributed by atoms with Gasteiger partial charge in [0.15, 0.2) is 11.6 Å². The van der Waals surface area contributed by atoms with Crippen LogP contribution in [0.5, 0.6) is 0 Å². The predicted octanol–water partition coefficient (Wildman–Crippen LogP) is 2.53. The van der Waals surface area contributed by atoms with E-state index < -0.39 is 17.7 Å².